The van der Waals surface area contributed by atoms with E-state index in [2.05, 4.69) is 28.2 Å². The summed E-state index contributed by atoms with van der Waals surface area (Å²) in [6.45, 7) is 2.07. The summed E-state index contributed by atoms with van der Waals surface area (Å²) in [5.41, 5.74) is 0.587. The Balaban J connectivity index is 2.51. The molecule has 0 aliphatic carbocycles. The molecule has 0 amide bonds. The molecule has 1 heterocycles. The molecule has 0 fully saturated rings. The summed E-state index contributed by atoms with van der Waals surface area (Å²) in [6.07, 6.45) is 0.931. The van der Waals surface area contributed by atoms with Gasteiger partial charge in [-0.05, 0) is 41.5 Å². The molecule has 1 unspecified atom stereocenters. The van der Waals surface area contributed by atoms with Crippen LogP contribution >= 0.6 is 15.9 Å². The van der Waals surface area contributed by atoms with Gasteiger partial charge in [0, 0.05) is 11.5 Å². The lowest BCUT2D eigenvalue weighted by Gasteiger charge is -2.09. The Morgan fingerprint density at radius 1 is 1.44 bits per heavy atom. The molecule has 0 radical (unpaired) electrons. The molecule has 2 aromatic rings. The van der Waals surface area contributed by atoms with Crippen molar-refractivity contribution in [3.63, 3.8) is 0 Å². The number of hydrogen-bond donors (Lipinski definition) is 1. The molecular weight excluding hydrogens is 273 g/mol. The van der Waals surface area contributed by atoms with Gasteiger partial charge in [-0.25, -0.2) is 4.39 Å². The Morgan fingerprint density at radius 2 is 2.19 bits per heavy atom. The Kier molecular flexibility index (Phi) is 3.30. The maximum absolute atomic E-state index is 13.3. The highest BCUT2D eigenvalue weighted by molar-refractivity contribution is 9.10. The smallest absolute Gasteiger partial charge is 0.141 e. The van der Waals surface area contributed by atoms with E-state index >= 15 is 0 Å². The summed E-state index contributed by atoms with van der Waals surface area (Å²) >= 11 is 3.16. The van der Waals surface area contributed by atoms with Crippen LogP contribution in [0.4, 0.5) is 4.39 Å². The van der Waals surface area contributed by atoms with Gasteiger partial charge in [0.15, 0.2) is 0 Å². The highest BCUT2D eigenvalue weighted by Gasteiger charge is 2.13. The van der Waals surface area contributed by atoms with Crippen molar-refractivity contribution in [2.24, 2.45) is 0 Å². The molecule has 0 aliphatic rings. The van der Waals surface area contributed by atoms with Gasteiger partial charge in [0.1, 0.15) is 17.2 Å². The Hall–Kier alpha value is -0.870. The summed E-state index contributed by atoms with van der Waals surface area (Å²) in [5.74, 6) is 0.545. The maximum Gasteiger partial charge on any atom is 0.141 e. The largest absolute Gasteiger partial charge is 0.459 e. The molecule has 2 rings (SSSR count). The fraction of sp³-hybridized carbons (Fsp3) is 0.333. The molecule has 1 aromatic carbocycles. The first-order valence-corrected chi connectivity index (χ1v) is 6.00. The summed E-state index contributed by atoms with van der Waals surface area (Å²) in [4.78, 5) is 0. The number of benzene rings is 1. The van der Waals surface area contributed by atoms with Crippen LogP contribution in [0.2, 0.25) is 0 Å². The lowest BCUT2D eigenvalue weighted by Crippen LogP contribution is -2.14. The molecule has 1 aromatic heterocycles. The Bertz CT molecular complexity index is 466. The minimum absolute atomic E-state index is 0.175. The van der Waals surface area contributed by atoms with E-state index in [0.29, 0.717) is 10.1 Å². The number of nitrogens with one attached hydrogen (secondary N) is 1. The van der Waals surface area contributed by atoms with E-state index in [1.165, 1.54) is 6.07 Å². The third kappa shape index (κ3) is 1.99. The first-order valence-electron chi connectivity index (χ1n) is 5.21. The third-order valence-corrected chi connectivity index (χ3v) is 3.29. The van der Waals surface area contributed by atoms with Gasteiger partial charge in [-0.3, -0.25) is 0 Å². The van der Waals surface area contributed by atoms with E-state index in [1.807, 2.05) is 13.1 Å². The zero-order valence-electron chi connectivity index (χ0n) is 9.18. The first kappa shape index (κ1) is 11.6. The van der Waals surface area contributed by atoms with Crippen LogP contribution in [0.15, 0.2) is 27.1 Å². The van der Waals surface area contributed by atoms with Crippen molar-refractivity contribution in [1.29, 1.82) is 0 Å². The average molecular weight is 286 g/mol. The second-order valence-corrected chi connectivity index (χ2v) is 4.56. The van der Waals surface area contributed by atoms with Crippen LogP contribution < -0.4 is 5.32 Å². The Labute approximate surface area is 102 Å². The molecule has 0 bridgehead atoms. The van der Waals surface area contributed by atoms with Gasteiger partial charge < -0.3 is 9.73 Å². The van der Waals surface area contributed by atoms with E-state index in [1.54, 1.807) is 6.07 Å². The van der Waals surface area contributed by atoms with E-state index < -0.39 is 0 Å². The molecule has 1 N–H and O–H groups in total. The van der Waals surface area contributed by atoms with Crippen LogP contribution in [-0.4, -0.2) is 7.05 Å². The minimum Gasteiger partial charge on any atom is -0.459 e. The number of halogens is 2. The van der Waals surface area contributed by atoms with Crippen LogP contribution in [0, 0.1) is 5.82 Å². The average Bonchev–Trinajstić information content (AvgIpc) is 2.63. The topological polar surface area (TPSA) is 25.2 Å². The zero-order chi connectivity index (χ0) is 11.7. The molecule has 86 valence electrons. The van der Waals surface area contributed by atoms with Crippen molar-refractivity contribution in [3.8, 4) is 0 Å². The van der Waals surface area contributed by atoms with Crippen LogP contribution in [-0.2, 0) is 0 Å². The molecule has 4 heteroatoms. The Morgan fingerprint density at radius 3 is 2.81 bits per heavy atom. The highest BCUT2D eigenvalue weighted by atomic mass is 79.9. The number of hydrogen-bond acceptors (Lipinski definition) is 2. The van der Waals surface area contributed by atoms with Crippen molar-refractivity contribution < 1.29 is 8.81 Å². The monoisotopic (exact) mass is 285 g/mol. The van der Waals surface area contributed by atoms with Crippen molar-refractivity contribution in [2.75, 3.05) is 7.05 Å². The van der Waals surface area contributed by atoms with Gasteiger partial charge in [-0.1, -0.05) is 6.92 Å². The third-order valence-electron chi connectivity index (χ3n) is 2.68. The predicted octanol–water partition coefficient (Wildman–Crippen LogP) is 4.00. The van der Waals surface area contributed by atoms with Crippen molar-refractivity contribution in [3.05, 3.63) is 34.2 Å². The minimum atomic E-state index is -0.300. The SMILES string of the molecule is CCC(NC)c1cc2cc(Br)c(F)cc2o1. The number of furan rings is 1. The van der Waals surface area contributed by atoms with Gasteiger partial charge in [0.25, 0.3) is 0 Å². The van der Waals surface area contributed by atoms with Crippen LogP contribution in [0.1, 0.15) is 25.1 Å². The second-order valence-electron chi connectivity index (χ2n) is 3.70. The van der Waals surface area contributed by atoms with E-state index in [9.17, 15) is 4.39 Å². The molecule has 16 heavy (non-hydrogen) atoms. The summed E-state index contributed by atoms with van der Waals surface area (Å²) < 4.78 is 19.4. The fourth-order valence-corrected chi connectivity index (χ4v) is 2.14. The zero-order valence-corrected chi connectivity index (χ0v) is 10.8. The standard InChI is InChI=1S/C12H13BrFNO/c1-3-10(15-2)12-5-7-4-8(13)9(14)6-11(7)16-12/h4-6,10,15H,3H2,1-2H3. The van der Waals surface area contributed by atoms with Gasteiger partial charge in [-0.2, -0.15) is 0 Å². The summed E-state index contributed by atoms with van der Waals surface area (Å²) in [6, 6.07) is 5.27. The van der Waals surface area contributed by atoms with E-state index in [0.717, 1.165) is 17.6 Å². The summed E-state index contributed by atoms with van der Waals surface area (Å²) in [7, 11) is 1.89. The number of fused-ring (bicyclic) bond motifs is 1. The molecular formula is C12H13BrFNO. The van der Waals surface area contributed by atoms with Gasteiger partial charge in [0.05, 0.1) is 10.5 Å². The van der Waals surface area contributed by atoms with Crippen molar-refractivity contribution in [2.45, 2.75) is 19.4 Å². The van der Waals surface area contributed by atoms with Crippen molar-refractivity contribution in [1.82, 2.24) is 5.32 Å². The second kappa shape index (κ2) is 4.55. The van der Waals surface area contributed by atoms with Crippen LogP contribution in [0.5, 0.6) is 0 Å². The normalized spacial score (nSPS) is 13.2. The van der Waals surface area contributed by atoms with Crippen LogP contribution in [0.3, 0.4) is 0 Å². The fourth-order valence-electron chi connectivity index (χ4n) is 1.77. The van der Waals surface area contributed by atoms with E-state index in [-0.39, 0.29) is 11.9 Å². The van der Waals surface area contributed by atoms with Gasteiger partial charge in [-0.15, -0.1) is 0 Å². The van der Waals surface area contributed by atoms with E-state index in [4.69, 9.17) is 4.42 Å². The van der Waals surface area contributed by atoms with Crippen molar-refractivity contribution >= 4 is 26.9 Å². The number of rotatable bonds is 3. The maximum atomic E-state index is 13.3. The van der Waals surface area contributed by atoms with Gasteiger partial charge >= 0.3 is 0 Å². The molecule has 1 atom stereocenters. The molecule has 0 spiro atoms. The quantitative estimate of drug-likeness (QED) is 0.922. The lowest BCUT2D eigenvalue weighted by atomic mass is 10.1. The molecule has 0 saturated heterocycles. The highest BCUT2D eigenvalue weighted by Crippen LogP contribution is 2.29. The first-order chi connectivity index (χ1) is 7.65. The summed E-state index contributed by atoms with van der Waals surface area (Å²) in [5, 5.41) is 4.07. The molecule has 0 aliphatic heterocycles. The van der Waals surface area contributed by atoms with Crippen LogP contribution in [0.25, 0.3) is 11.0 Å². The lowest BCUT2D eigenvalue weighted by molar-refractivity contribution is 0.443. The molecule has 0 saturated carbocycles. The van der Waals surface area contributed by atoms with Gasteiger partial charge in [0.2, 0.25) is 0 Å². The predicted molar refractivity (Wildman–Crippen MR) is 66.0 cm³/mol. The molecule has 2 nitrogen and oxygen atoms in total.